The Labute approximate surface area is 207 Å². The van der Waals surface area contributed by atoms with Gasteiger partial charge in [-0.2, -0.15) is 0 Å². The second-order valence-electron chi connectivity index (χ2n) is 9.34. The Morgan fingerprint density at radius 1 is 1.03 bits per heavy atom. The lowest BCUT2D eigenvalue weighted by Crippen LogP contribution is -2.30. The number of ether oxygens (including phenoxy) is 2. The topological polar surface area (TPSA) is 88.3 Å². The second kappa shape index (κ2) is 11.5. The van der Waals surface area contributed by atoms with E-state index in [1.807, 2.05) is 0 Å². The predicted molar refractivity (Wildman–Crippen MR) is 131 cm³/mol. The van der Waals surface area contributed by atoms with Gasteiger partial charge in [-0.3, -0.25) is 4.79 Å². The number of aromatic nitrogens is 2. The van der Waals surface area contributed by atoms with Crippen LogP contribution in [0, 0.1) is 5.92 Å². The van der Waals surface area contributed by atoms with Gasteiger partial charge in [-0.25, -0.2) is 4.98 Å². The van der Waals surface area contributed by atoms with E-state index in [9.17, 15) is 18.0 Å². The van der Waals surface area contributed by atoms with Crippen LogP contribution in [0.1, 0.15) is 51.9 Å². The van der Waals surface area contributed by atoms with Crippen LogP contribution in [0.5, 0.6) is 11.5 Å². The quantitative estimate of drug-likeness (QED) is 0.344. The number of fused-ring (bicyclic) bond motifs is 1. The van der Waals surface area contributed by atoms with Gasteiger partial charge in [-0.1, -0.05) is 39.0 Å². The van der Waals surface area contributed by atoms with Crippen molar-refractivity contribution in [2.24, 2.45) is 5.92 Å². The molecule has 2 fully saturated rings. The van der Waals surface area contributed by atoms with Crippen molar-refractivity contribution >= 4 is 28.6 Å². The molecule has 10 heteroatoms. The lowest BCUT2D eigenvalue weighted by atomic mass is 9.91. The Bertz CT molecular complexity index is 1140. The Morgan fingerprint density at radius 3 is 2.33 bits per heavy atom. The average molecular weight is 505 g/mol. The van der Waals surface area contributed by atoms with Gasteiger partial charge in [0.05, 0.1) is 11.0 Å². The SMILES string of the molecule is CC1CCCCC1.O=C(COc1ccc2nc(Nc3ccc(OC(F)(F)F)cc3)[nH]c2c1)NC1CC1. The first-order chi connectivity index (χ1) is 17.2. The molecule has 0 radical (unpaired) electrons. The molecule has 0 atom stereocenters. The minimum Gasteiger partial charge on any atom is -0.484 e. The van der Waals surface area contributed by atoms with Crippen molar-refractivity contribution in [1.29, 1.82) is 0 Å². The molecule has 0 unspecified atom stereocenters. The molecule has 0 spiro atoms. The van der Waals surface area contributed by atoms with E-state index in [-0.39, 0.29) is 24.3 Å². The molecular weight excluding hydrogens is 473 g/mol. The zero-order chi connectivity index (χ0) is 25.5. The molecule has 2 saturated carbocycles. The number of nitrogens with one attached hydrogen (secondary N) is 3. The predicted octanol–water partition coefficient (Wildman–Crippen LogP) is 6.45. The first kappa shape index (κ1) is 25.7. The van der Waals surface area contributed by atoms with Crippen LogP contribution in [0.3, 0.4) is 0 Å². The van der Waals surface area contributed by atoms with Crippen LogP contribution in [0.25, 0.3) is 11.0 Å². The van der Waals surface area contributed by atoms with Crippen molar-refractivity contribution < 1.29 is 27.4 Å². The van der Waals surface area contributed by atoms with Gasteiger partial charge < -0.3 is 25.1 Å². The summed E-state index contributed by atoms with van der Waals surface area (Å²) >= 11 is 0. The molecule has 1 aromatic heterocycles. The molecule has 1 heterocycles. The van der Waals surface area contributed by atoms with Crippen LogP contribution in [-0.4, -0.2) is 34.9 Å². The minimum absolute atomic E-state index is 0.0619. The molecule has 2 aromatic carbocycles. The number of aromatic amines is 1. The molecule has 1 amide bonds. The van der Waals surface area contributed by atoms with Crippen molar-refractivity contribution in [3.05, 3.63) is 42.5 Å². The van der Waals surface area contributed by atoms with E-state index in [1.54, 1.807) is 18.2 Å². The summed E-state index contributed by atoms with van der Waals surface area (Å²) in [6.45, 7) is 2.30. The highest BCUT2D eigenvalue weighted by Crippen LogP contribution is 2.26. The number of carbonyl (C=O) groups excluding carboxylic acids is 1. The molecule has 36 heavy (non-hydrogen) atoms. The number of rotatable bonds is 7. The maximum atomic E-state index is 12.2. The van der Waals surface area contributed by atoms with Crippen LogP contribution in [0.15, 0.2) is 42.5 Å². The fourth-order valence-corrected chi connectivity index (χ4v) is 3.97. The second-order valence-corrected chi connectivity index (χ2v) is 9.34. The maximum Gasteiger partial charge on any atom is 0.573 e. The number of anilines is 2. The first-order valence-corrected chi connectivity index (χ1v) is 12.3. The van der Waals surface area contributed by atoms with Gasteiger partial charge in [-0.15, -0.1) is 13.2 Å². The van der Waals surface area contributed by atoms with E-state index >= 15 is 0 Å². The average Bonchev–Trinajstić information content (AvgIpc) is 3.55. The van der Waals surface area contributed by atoms with Crippen LogP contribution >= 0.6 is 0 Å². The molecule has 2 aliphatic carbocycles. The normalized spacial score (nSPS) is 16.1. The standard InChI is InChI=1S/C19H17F3N4O3.C7H14/c20-19(21,22)29-13-5-3-12(4-6-13)24-18-25-15-8-7-14(9-16(15)26-18)28-10-17(27)23-11-1-2-11;1-7-5-3-2-4-6-7/h3-9,11H,1-2,10H2,(H,23,27)(H2,24,25,26);7H,2-6H2,1H3. The number of imidazole rings is 1. The van der Waals surface area contributed by atoms with E-state index in [0.29, 0.717) is 28.4 Å². The van der Waals surface area contributed by atoms with Gasteiger partial charge in [-0.05, 0) is 55.2 Å². The van der Waals surface area contributed by atoms with Gasteiger partial charge in [0.2, 0.25) is 5.95 Å². The number of H-pyrrole nitrogens is 1. The van der Waals surface area contributed by atoms with Gasteiger partial charge in [0, 0.05) is 17.8 Å². The van der Waals surface area contributed by atoms with Gasteiger partial charge in [0.15, 0.2) is 6.61 Å². The zero-order valence-electron chi connectivity index (χ0n) is 20.2. The smallest absolute Gasteiger partial charge is 0.484 e. The zero-order valence-corrected chi connectivity index (χ0v) is 20.2. The number of alkyl halides is 3. The van der Waals surface area contributed by atoms with Crippen LogP contribution in [-0.2, 0) is 4.79 Å². The molecule has 5 rings (SSSR count). The summed E-state index contributed by atoms with van der Waals surface area (Å²) in [6.07, 6.45) is 4.73. The number of hydrogen-bond acceptors (Lipinski definition) is 5. The Kier molecular flexibility index (Phi) is 8.22. The summed E-state index contributed by atoms with van der Waals surface area (Å²) in [5.74, 6) is 1.51. The number of nitrogens with zero attached hydrogens (tertiary/aromatic N) is 1. The van der Waals surface area contributed by atoms with Crippen molar-refractivity contribution in [1.82, 2.24) is 15.3 Å². The van der Waals surface area contributed by atoms with Crippen molar-refractivity contribution in [2.75, 3.05) is 11.9 Å². The van der Waals surface area contributed by atoms with Gasteiger partial charge in [0.25, 0.3) is 5.91 Å². The van der Waals surface area contributed by atoms with E-state index < -0.39 is 6.36 Å². The molecule has 7 nitrogen and oxygen atoms in total. The third kappa shape index (κ3) is 8.35. The van der Waals surface area contributed by atoms with Crippen LogP contribution in [0.2, 0.25) is 0 Å². The summed E-state index contributed by atoms with van der Waals surface area (Å²) in [7, 11) is 0. The van der Waals surface area contributed by atoms with Crippen molar-refractivity contribution in [3.8, 4) is 11.5 Å². The van der Waals surface area contributed by atoms with Gasteiger partial charge in [0.1, 0.15) is 11.5 Å². The Morgan fingerprint density at radius 2 is 1.72 bits per heavy atom. The Hall–Kier alpha value is -3.43. The highest BCUT2D eigenvalue weighted by molar-refractivity contribution is 5.81. The Balaban J connectivity index is 0.000000375. The van der Waals surface area contributed by atoms with E-state index in [1.165, 1.54) is 56.4 Å². The number of hydrogen-bond donors (Lipinski definition) is 3. The number of benzene rings is 2. The third-order valence-electron chi connectivity index (χ3n) is 6.01. The summed E-state index contributed by atoms with van der Waals surface area (Å²) in [5.41, 5.74) is 1.88. The lowest BCUT2D eigenvalue weighted by molar-refractivity contribution is -0.274. The summed E-state index contributed by atoms with van der Waals surface area (Å²) in [4.78, 5) is 19.1. The van der Waals surface area contributed by atoms with Crippen molar-refractivity contribution in [2.45, 2.75) is 64.3 Å². The maximum absolute atomic E-state index is 12.2. The van der Waals surface area contributed by atoms with E-state index in [0.717, 1.165) is 18.8 Å². The fourth-order valence-electron chi connectivity index (χ4n) is 3.97. The molecule has 3 aromatic rings. The lowest BCUT2D eigenvalue weighted by Gasteiger charge is -2.15. The molecule has 0 bridgehead atoms. The fraction of sp³-hybridized carbons (Fsp3) is 0.462. The third-order valence-corrected chi connectivity index (χ3v) is 6.01. The molecule has 0 saturated heterocycles. The monoisotopic (exact) mass is 504 g/mol. The summed E-state index contributed by atoms with van der Waals surface area (Å²) in [6, 6.07) is 10.8. The first-order valence-electron chi connectivity index (χ1n) is 12.3. The molecule has 0 aliphatic heterocycles. The number of halogens is 3. The molecule has 3 N–H and O–H groups in total. The van der Waals surface area contributed by atoms with Crippen LogP contribution in [0.4, 0.5) is 24.8 Å². The van der Waals surface area contributed by atoms with Gasteiger partial charge >= 0.3 is 6.36 Å². The minimum atomic E-state index is -4.73. The summed E-state index contributed by atoms with van der Waals surface area (Å²) in [5, 5.41) is 5.82. The largest absolute Gasteiger partial charge is 0.573 e. The van der Waals surface area contributed by atoms with Crippen LogP contribution < -0.4 is 20.1 Å². The van der Waals surface area contributed by atoms with E-state index in [2.05, 4.69) is 32.3 Å². The number of amides is 1. The van der Waals surface area contributed by atoms with Crippen molar-refractivity contribution in [3.63, 3.8) is 0 Å². The molecule has 2 aliphatic rings. The summed E-state index contributed by atoms with van der Waals surface area (Å²) < 4.78 is 46.0. The van der Waals surface area contributed by atoms with E-state index in [4.69, 9.17) is 4.74 Å². The highest BCUT2D eigenvalue weighted by Gasteiger charge is 2.31. The molecular formula is C26H31F3N4O3. The highest BCUT2D eigenvalue weighted by atomic mass is 19.4. The number of carbonyl (C=O) groups is 1. The molecule has 194 valence electrons.